The van der Waals surface area contributed by atoms with E-state index < -0.39 is 12.1 Å². The van der Waals surface area contributed by atoms with Gasteiger partial charge in [-0.05, 0) is 62.0 Å². The van der Waals surface area contributed by atoms with E-state index in [0.717, 1.165) is 49.9 Å². The minimum Gasteiger partial charge on any atom is -0.460 e. The van der Waals surface area contributed by atoms with Gasteiger partial charge in [0, 0.05) is 18.0 Å². The summed E-state index contributed by atoms with van der Waals surface area (Å²) in [6, 6.07) is 8.54. The first-order valence-corrected chi connectivity index (χ1v) is 13.9. The number of benzene rings is 1. The van der Waals surface area contributed by atoms with Crippen LogP contribution in [0, 0.1) is 0 Å². The fourth-order valence-corrected chi connectivity index (χ4v) is 4.90. The molecule has 1 aliphatic carbocycles. The molecule has 0 radical (unpaired) electrons. The van der Waals surface area contributed by atoms with Gasteiger partial charge in [0.25, 0.3) is 0 Å². The lowest BCUT2D eigenvalue weighted by Gasteiger charge is -2.29. The molecule has 0 spiro atoms. The van der Waals surface area contributed by atoms with E-state index in [1.807, 2.05) is 19.3 Å². The van der Waals surface area contributed by atoms with Gasteiger partial charge in [-0.3, -0.25) is 0 Å². The van der Waals surface area contributed by atoms with Crippen molar-refractivity contribution >= 4 is 5.97 Å². The van der Waals surface area contributed by atoms with Crippen LogP contribution in [0.5, 0.6) is 0 Å². The molecule has 1 heterocycles. The third-order valence-electron chi connectivity index (χ3n) is 7.19. The third-order valence-corrected chi connectivity index (χ3v) is 7.19. The van der Waals surface area contributed by atoms with E-state index in [9.17, 15) is 9.18 Å². The number of ether oxygens (including phenoxy) is 1. The molecule has 1 saturated carbocycles. The van der Waals surface area contributed by atoms with Crippen LogP contribution in [0.25, 0.3) is 11.4 Å². The maximum atomic E-state index is 13.9. The predicted molar refractivity (Wildman–Crippen MR) is 140 cm³/mol. The molecule has 0 unspecified atom stereocenters. The molecular formula is C30H43FN2O2. The number of aryl methyl sites for hydroxylation is 1. The number of carbonyl (C=O) groups is 1. The van der Waals surface area contributed by atoms with Crippen LogP contribution in [-0.4, -0.2) is 28.2 Å². The molecule has 1 atom stereocenters. The lowest BCUT2D eigenvalue weighted by molar-refractivity contribution is -0.157. The molecule has 3 rings (SSSR count). The lowest BCUT2D eigenvalue weighted by Crippen LogP contribution is -2.28. The molecule has 4 nitrogen and oxygen atoms in total. The second-order valence-electron chi connectivity index (χ2n) is 10.1. The Balaban J connectivity index is 1.42. The van der Waals surface area contributed by atoms with E-state index in [-0.39, 0.29) is 12.5 Å². The Labute approximate surface area is 211 Å². The van der Waals surface area contributed by atoms with Crippen LogP contribution in [-0.2, 0) is 16.0 Å². The molecule has 1 aromatic heterocycles. The number of nitrogens with zero attached hydrogens (tertiary/aromatic N) is 2. The van der Waals surface area contributed by atoms with Gasteiger partial charge in [-0.1, -0.05) is 83.1 Å². The van der Waals surface area contributed by atoms with E-state index in [4.69, 9.17) is 4.74 Å². The fraction of sp³-hybridized carbons (Fsp3) is 0.633. The van der Waals surface area contributed by atoms with Crippen LogP contribution < -0.4 is 0 Å². The first kappa shape index (κ1) is 27.3. The molecular weight excluding hydrogens is 439 g/mol. The largest absolute Gasteiger partial charge is 0.460 e. The van der Waals surface area contributed by atoms with Crippen molar-refractivity contribution in [2.24, 2.45) is 0 Å². The van der Waals surface area contributed by atoms with Crippen LogP contribution in [0.15, 0.2) is 36.7 Å². The number of halogens is 1. The molecule has 1 aromatic carbocycles. The van der Waals surface area contributed by atoms with Gasteiger partial charge in [0.1, 0.15) is 6.10 Å². The molecule has 1 fully saturated rings. The van der Waals surface area contributed by atoms with E-state index in [1.54, 1.807) is 0 Å². The summed E-state index contributed by atoms with van der Waals surface area (Å²) in [6.45, 7) is 4.24. The molecule has 0 aliphatic heterocycles. The van der Waals surface area contributed by atoms with Crippen molar-refractivity contribution in [3.05, 3.63) is 47.8 Å². The van der Waals surface area contributed by atoms with Gasteiger partial charge in [-0.15, -0.1) is 0 Å². The van der Waals surface area contributed by atoms with E-state index in [0.29, 0.717) is 12.3 Å². The highest BCUT2D eigenvalue weighted by Crippen LogP contribution is 2.35. The Morgan fingerprint density at radius 1 is 0.914 bits per heavy atom. The smallest absolute Gasteiger partial charge is 0.340 e. The van der Waals surface area contributed by atoms with Crippen LogP contribution >= 0.6 is 0 Å². The molecule has 35 heavy (non-hydrogen) atoms. The van der Waals surface area contributed by atoms with E-state index in [1.165, 1.54) is 49.7 Å². The Bertz CT molecular complexity index is 861. The quantitative estimate of drug-likeness (QED) is 0.201. The van der Waals surface area contributed by atoms with Crippen LogP contribution in [0.1, 0.15) is 114 Å². The van der Waals surface area contributed by atoms with Gasteiger partial charge < -0.3 is 4.74 Å². The Kier molecular flexibility index (Phi) is 11.7. The summed E-state index contributed by atoms with van der Waals surface area (Å²) in [7, 11) is 0. The van der Waals surface area contributed by atoms with Crippen molar-refractivity contribution in [3.8, 4) is 11.4 Å². The SMILES string of the molecule is CCCCCCCCc1cnc(-c2ccc(C3CCC(OC(=O)[C@@H](F)CCCC)CC3)cc2)nc1. The predicted octanol–water partition coefficient (Wildman–Crippen LogP) is 8.14. The number of hydrogen-bond donors (Lipinski definition) is 0. The Hall–Kier alpha value is -2.30. The van der Waals surface area contributed by atoms with Crippen LogP contribution in [0.4, 0.5) is 4.39 Å². The van der Waals surface area contributed by atoms with Gasteiger partial charge in [0.2, 0.25) is 0 Å². The van der Waals surface area contributed by atoms with Crippen molar-refractivity contribution in [2.45, 2.75) is 122 Å². The van der Waals surface area contributed by atoms with Gasteiger partial charge in [0.15, 0.2) is 12.0 Å². The Morgan fingerprint density at radius 2 is 1.54 bits per heavy atom. The molecule has 0 bridgehead atoms. The molecule has 1 aliphatic rings. The average Bonchev–Trinajstić information content (AvgIpc) is 2.90. The number of hydrogen-bond acceptors (Lipinski definition) is 4. The summed E-state index contributed by atoms with van der Waals surface area (Å²) in [6.07, 6.45) is 16.5. The topological polar surface area (TPSA) is 52.1 Å². The highest BCUT2D eigenvalue weighted by molar-refractivity contribution is 5.74. The standard InChI is InChI=1S/C30H43FN2O2/c1-3-5-7-8-9-10-11-23-21-32-29(33-22-23)26-15-13-24(14-16-26)25-17-19-27(20-18-25)35-30(34)28(31)12-6-4-2/h13-16,21-22,25,27-28H,3-12,17-20H2,1-2H3/t25?,27?,28-/m0/s1. The number of unbranched alkanes of at least 4 members (excludes halogenated alkanes) is 6. The summed E-state index contributed by atoms with van der Waals surface area (Å²) in [4.78, 5) is 21.2. The van der Waals surface area contributed by atoms with Crippen LogP contribution in [0.2, 0.25) is 0 Å². The zero-order valence-electron chi connectivity index (χ0n) is 21.7. The maximum Gasteiger partial charge on any atom is 0.340 e. The van der Waals surface area contributed by atoms with E-state index in [2.05, 4.69) is 41.2 Å². The zero-order valence-corrected chi connectivity index (χ0v) is 21.7. The highest BCUT2D eigenvalue weighted by Gasteiger charge is 2.27. The number of rotatable bonds is 14. The summed E-state index contributed by atoms with van der Waals surface area (Å²) in [5.41, 5.74) is 3.54. The number of carbonyl (C=O) groups excluding carboxylic acids is 1. The molecule has 2 aromatic rings. The first-order chi connectivity index (χ1) is 17.1. The van der Waals surface area contributed by atoms with Crippen molar-refractivity contribution in [2.75, 3.05) is 0 Å². The summed E-state index contributed by atoms with van der Waals surface area (Å²) >= 11 is 0. The van der Waals surface area contributed by atoms with Crippen molar-refractivity contribution < 1.29 is 13.9 Å². The molecule has 5 heteroatoms. The second kappa shape index (κ2) is 15.0. The van der Waals surface area contributed by atoms with Crippen LogP contribution in [0.3, 0.4) is 0 Å². The minimum absolute atomic E-state index is 0.152. The summed E-state index contributed by atoms with van der Waals surface area (Å²) in [5.74, 6) is 0.535. The first-order valence-electron chi connectivity index (χ1n) is 13.9. The normalized spacial score (nSPS) is 18.8. The third kappa shape index (κ3) is 9.01. The number of aromatic nitrogens is 2. The second-order valence-corrected chi connectivity index (χ2v) is 10.1. The zero-order chi connectivity index (χ0) is 24.9. The molecule has 192 valence electrons. The maximum absolute atomic E-state index is 13.9. The molecule has 0 saturated heterocycles. The van der Waals surface area contributed by atoms with Crippen molar-refractivity contribution in [3.63, 3.8) is 0 Å². The minimum atomic E-state index is -1.48. The van der Waals surface area contributed by atoms with Crippen molar-refractivity contribution in [1.82, 2.24) is 9.97 Å². The van der Waals surface area contributed by atoms with Crippen molar-refractivity contribution in [1.29, 1.82) is 0 Å². The summed E-state index contributed by atoms with van der Waals surface area (Å²) in [5, 5.41) is 0. The highest BCUT2D eigenvalue weighted by atomic mass is 19.1. The van der Waals surface area contributed by atoms with E-state index >= 15 is 0 Å². The molecule has 0 N–H and O–H groups in total. The number of esters is 1. The van der Waals surface area contributed by atoms with Gasteiger partial charge in [0.05, 0.1) is 0 Å². The van der Waals surface area contributed by atoms with Gasteiger partial charge >= 0.3 is 5.97 Å². The Morgan fingerprint density at radius 3 is 2.20 bits per heavy atom. The molecule has 0 amide bonds. The average molecular weight is 483 g/mol. The fourth-order valence-electron chi connectivity index (χ4n) is 4.90. The van der Waals surface area contributed by atoms with Gasteiger partial charge in [-0.2, -0.15) is 0 Å². The number of alkyl halides is 1. The lowest BCUT2D eigenvalue weighted by atomic mass is 9.82. The monoisotopic (exact) mass is 482 g/mol. The van der Waals surface area contributed by atoms with Gasteiger partial charge in [-0.25, -0.2) is 19.2 Å². The summed E-state index contributed by atoms with van der Waals surface area (Å²) < 4.78 is 19.3.